The standard InChI is InChI=1S/C23H28N2O/c1-16(26)18-9-11-19(12-10-18)21(13-8-17-5-2-3-6-17)22-15-20-7-4-14-24-23(20)25-22/h4,7,9-12,14-17,21,26H,2-3,5-6,8,13H2,1H3,(H,24,25). The molecule has 1 aliphatic rings. The topological polar surface area (TPSA) is 48.9 Å². The van der Waals surface area contributed by atoms with Gasteiger partial charge >= 0.3 is 0 Å². The van der Waals surface area contributed by atoms with Gasteiger partial charge < -0.3 is 10.1 Å². The van der Waals surface area contributed by atoms with Gasteiger partial charge in [0.25, 0.3) is 0 Å². The van der Waals surface area contributed by atoms with E-state index in [0.717, 1.165) is 23.5 Å². The van der Waals surface area contributed by atoms with Crippen LogP contribution in [0.5, 0.6) is 0 Å². The summed E-state index contributed by atoms with van der Waals surface area (Å²) in [5.41, 5.74) is 4.51. The molecule has 0 amide bonds. The van der Waals surface area contributed by atoms with Gasteiger partial charge in [-0.1, -0.05) is 49.9 Å². The van der Waals surface area contributed by atoms with Gasteiger partial charge in [-0.15, -0.1) is 0 Å². The van der Waals surface area contributed by atoms with E-state index in [1.54, 1.807) is 0 Å². The first-order valence-electron chi connectivity index (χ1n) is 9.92. The summed E-state index contributed by atoms with van der Waals surface area (Å²) < 4.78 is 0. The van der Waals surface area contributed by atoms with Crippen LogP contribution in [0.15, 0.2) is 48.7 Å². The van der Waals surface area contributed by atoms with E-state index in [4.69, 9.17) is 0 Å². The summed E-state index contributed by atoms with van der Waals surface area (Å²) in [5, 5.41) is 11.0. The largest absolute Gasteiger partial charge is 0.389 e. The van der Waals surface area contributed by atoms with Crippen LogP contribution >= 0.6 is 0 Å². The van der Waals surface area contributed by atoms with Crippen molar-refractivity contribution in [3.8, 4) is 0 Å². The van der Waals surface area contributed by atoms with Crippen molar-refractivity contribution in [3.05, 3.63) is 65.5 Å². The second kappa shape index (κ2) is 7.63. The lowest BCUT2D eigenvalue weighted by Crippen LogP contribution is -2.05. The molecule has 0 aliphatic heterocycles. The summed E-state index contributed by atoms with van der Waals surface area (Å²) in [5.74, 6) is 1.24. The van der Waals surface area contributed by atoms with Gasteiger partial charge in [-0.25, -0.2) is 4.98 Å². The van der Waals surface area contributed by atoms with Crippen LogP contribution in [-0.4, -0.2) is 15.1 Å². The Morgan fingerprint density at radius 3 is 2.54 bits per heavy atom. The van der Waals surface area contributed by atoms with Gasteiger partial charge in [-0.2, -0.15) is 0 Å². The molecule has 4 rings (SSSR count). The van der Waals surface area contributed by atoms with Crippen LogP contribution in [0.2, 0.25) is 0 Å². The molecular weight excluding hydrogens is 320 g/mol. The predicted octanol–water partition coefficient (Wildman–Crippen LogP) is 5.72. The van der Waals surface area contributed by atoms with Crippen molar-refractivity contribution >= 4 is 11.0 Å². The molecule has 1 aliphatic carbocycles. The normalized spacial score (nSPS) is 17.6. The van der Waals surface area contributed by atoms with Gasteiger partial charge in [-0.3, -0.25) is 0 Å². The van der Waals surface area contributed by atoms with Crippen molar-refractivity contribution < 1.29 is 5.11 Å². The van der Waals surface area contributed by atoms with Crippen molar-refractivity contribution in [2.45, 2.75) is 57.5 Å². The molecule has 1 aromatic carbocycles. The molecule has 2 N–H and O–H groups in total. The van der Waals surface area contributed by atoms with Crippen molar-refractivity contribution in [1.82, 2.24) is 9.97 Å². The third kappa shape index (κ3) is 3.68. The molecule has 0 bridgehead atoms. The Kier molecular flexibility index (Phi) is 5.07. The number of aliphatic hydroxyl groups is 1. The van der Waals surface area contributed by atoms with Gasteiger partial charge in [-0.05, 0) is 55.0 Å². The maximum absolute atomic E-state index is 9.80. The molecule has 1 fully saturated rings. The monoisotopic (exact) mass is 348 g/mol. The molecule has 3 heteroatoms. The van der Waals surface area contributed by atoms with Crippen molar-refractivity contribution in [3.63, 3.8) is 0 Å². The Bertz CT molecular complexity index is 811. The molecule has 0 radical (unpaired) electrons. The zero-order valence-electron chi connectivity index (χ0n) is 15.5. The van der Waals surface area contributed by atoms with Crippen molar-refractivity contribution in [2.24, 2.45) is 5.92 Å². The van der Waals surface area contributed by atoms with Crippen LogP contribution in [0.25, 0.3) is 11.0 Å². The number of rotatable bonds is 6. The smallest absolute Gasteiger partial charge is 0.137 e. The van der Waals surface area contributed by atoms with E-state index in [-0.39, 0.29) is 0 Å². The number of nitrogens with zero attached hydrogens (tertiary/aromatic N) is 1. The van der Waals surface area contributed by atoms with E-state index in [1.165, 1.54) is 48.7 Å². The predicted molar refractivity (Wildman–Crippen MR) is 106 cm³/mol. The highest BCUT2D eigenvalue weighted by atomic mass is 16.3. The van der Waals surface area contributed by atoms with Crippen LogP contribution in [0.1, 0.15) is 74.3 Å². The number of hydrogen-bond acceptors (Lipinski definition) is 2. The molecule has 1 saturated carbocycles. The molecule has 2 heterocycles. The molecule has 0 spiro atoms. The lowest BCUT2D eigenvalue weighted by molar-refractivity contribution is 0.199. The summed E-state index contributed by atoms with van der Waals surface area (Å²) in [4.78, 5) is 8.01. The van der Waals surface area contributed by atoms with E-state index >= 15 is 0 Å². The highest BCUT2D eigenvalue weighted by Gasteiger charge is 2.21. The number of hydrogen-bond donors (Lipinski definition) is 2. The molecule has 0 saturated heterocycles. The van der Waals surface area contributed by atoms with Gasteiger partial charge in [0.1, 0.15) is 5.65 Å². The fourth-order valence-corrected chi connectivity index (χ4v) is 4.38. The molecule has 3 aromatic rings. The molecular formula is C23H28N2O. The minimum atomic E-state index is -0.418. The Morgan fingerprint density at radius 1 is 1.12 bits per heavy atom. The van der Waals surface area contributed by atoms with E-state index in [2.05, 4.69) is 46.4 Å². The minimum Gasteiger partial charge on any atom is -0.389 e. The summed E-state index contributed by atoms with van der Waals surface area (Å²) >= 11 is 0. The van der Waals surface area contributed by atoms with Gasteiger partial charge in [0.15, 0.2) is 0 Å². The number of H-pyrrole nitrogens is 1. The Hall–Kier alpha value is -2.13. The van der Waals surface area contributed by atoms with Crippen LogP contribution < -0.4 is 0 Å². The molecule has 2 atom stereocenters. The maximum Gasteiger partial charge on any atom is 0.137 e. The summed E-state index contributed by atoms with van der Waals surface area (Å²) in [6, 6.07) is 14.8. The lowest BCUT2D eigenvalue weighted by Gasteiger charge is -2.19. The number of benzene rings is 1. The van der Waals surface area contributed by atoms with E-state index in [1.807, 2.05) is 19.2 Å². The van der Waals surface area contributed by atoms with Crippen molar-refractivity contribution in [2.75, 3.05) is 0 Å². The Labute approximate surface area is 155 Å². The Morgan fingerprint density at radius 2 is 1.85 bits per heavy atom. The summed E-state index contributed by atoms with van der Waals surface area (Å²) in [6.45, 7) is 1.82. The summed E-state index contributed by atoms with van der Waals surface area (Å²) in [7, 11) is 0. The molecule has 26 heavy (non-hydrogen) atoms. The number of nitrogens with one attached hydrogen (secondary N) is 1. The first kappa shape index (κ1) is 17.3. The Balaban J connectivity index is 1.63. The zero-order chi connectivity index (χ0) is 17.9. The third-order valence-electron chi connectivity index (χ3n) is 5.95. The van der Waals surface area contributed by atoms with E-state index in [0.29, 0.717) is 5.92 Å². The second-order valence-electron chi connectivity index (χ2n) is 7.79. The van der Waals surface area contributed by atoms with E-state index in [9.17, 15) is 5.11 Å². The fraction of sp³-hybridized carbons (Fsp3) is 0.435. The number of fused-ring (bicyclic) bond motifs is 1. The average molecular weight is 348 g/mol. The van der Waals surface area contributed by atoms with Crippen LogP contribution in [0.3, 0.4) is 0 Å². The summed E-state index contributed by atoms with van der Waals surface area (Å²) in [6.07, 6.45) is 9.44. The molecule has 2 aromatic heterocycles. The fourth-order valence-electron chi connectivity index (χ4n) is 4.38. The van der Waals surface area contributed by atoms with Crippen LogP contribution in [0.4, 0.5) is 0 Å². The lowest BCUT2D eigenvalue weighted by atomic mass is 9.87. The van der Waals surface area contributed by atoms with Crippen LogP contribution in [-0.2, 0) is 0 Å². The average Bonchev–Trinajstić information content (AvgIpc) is 3.31. The highest BCUT2D eigenvalue weighted by Crippen LogP contribution is 2.36. The zero-order valence-corrected chi connectivity index (χ0v) is 15.5. The highest BCUT2D eigenvalue weighted by molar-refractivity contribution is 5.76. The third-order valence-corrected chi connectivity index (χ3v) is 5.95. The number of pyridine rings is 1. The quantitative estimate of drug-likeness (QED) is 0.598. The minimum absolute atomic E-state index is 0.354. The molecule has 136 valence electrons. The number of aromatic nitrogens is 2. The van der Waals surface area contributed by atoms with Gasteiger partial charge in [0.05, 0.1) is 6.10 Å². The van der Waals surface area contributed by atoms with Crippen LogP contribution in [0, 0.1) is 5.92 Å². The first-order valence-corrected chi connectivity index (χ1v) is 9.92. The molecule has 2 unspecified atom stereocenters. The maximum atomic E-state index is 9.80. The van der Waals surface area contributed by atoms with E-state index < -0.39 is 6.10 Å². The van der Waals surface area contributed by atoms with Gasteiger partial charge in [0, 0.05) is 23.2 Å². The van der Waals surface area contributed by atoms with Crippen molar-refractivity contribution in [1.29, 1.82) is 0 Å². The SMILES string of the molecule is CC(O)c1ccc(C(CCC2CCCC2)c2cc3cccnc3[nH]2)cc1. The molecule has 3 nitrogen and oxygen atoms in total. The number of aromatic amines is 1. The first-order chi connectivity index (χ1) is 12.7. The number of aliphatic hydroxyl groups excluding tert-OH is 1. The second-order valence-corrected chi connectivity index (χ2v) is 7.79. The van der Waals surface area contributed by atoms with Gasteiger partial charge in [0.2, 0.25) is 0 Å².